The molecule has 1 N–H and O–H groups in total. The third-order valence-electron chi connectivity index (χ3n) is 2.64. The molecule has 2 atom stereocenters. The monoisotopic (exact) mass is 281 g/mol. The lowest BCUT2D eigenvalue weighted by atomic mass is 9.96. The smallest absolute Gasteiger partial charge is 0.408 e. The van der Waals surface area contributed by atoms with Gasteiger partial charge in [-0.05, 0) is 38.5 Å². The van der Waals surface area contributed by atoms with E-state index in [0.29, 0.717) is 5.56 Å². The lowest BCUT2D eigenvalue weighted by Gasteiger charge is -2.25. The third-order valence-corrected chi connectivity index (χ3v) is 2.64. The molecule has 20 heavy (non-hydrogen) atoms. The number of benzene rings is 1. The van der Waals surface area contributed by atoms with Crippen LogP contribution in [0.5, 0.6) is 0 Å². The molecule has 110 valence electrons. The van der Waals surface area contributed by atoms with Crippen molar-refractivity contribution in [3.63, 3.8) is 0 Å². The van der Waals surface area contributed by atoms with Crippen LogP contribution in [0.2, 0.25) is 0 Å². The number of ether oxygens (including phenoxy) is 1. The second-order valence-corrected chi connectivity index (χ2v) is 5.67. The number of rotatable bonds is 4. The molecule has 0 heterocycles. The highest BCUT2D eigenvalue weighted by Gasteiger charge is 2.24. The maximum atomic E-state index is 12.9. The van der Waals surface area contributed by atoms with Gasteiger partial charge in [0.1, 0.15) is 17.7 Å². The van der Waals surface area contributed by atoms with Crippen molar-refractivity contribution in [2.45, 2.75) is 39.3 Å². The highest BCUT2D eigenvalue weighted by atomic mass is 19.1. The Morgan fingerprint density at radius 3 is 2.30 bits per heavy atom. The number of carbonyl (C=O) groups excluding carboxylic acids is 2. The van der Waals surface area contributed by atoms with Crippen LogP contribution >= 0.6 is 0 Å². The van der Waals surface area contributed by atoms with E-state index in [9.17, 15) is 14.0 Å². The van der Waals surface area contributed by atoms with E-state index in [4.69, 9.17) is 4.74 Å². The molecule has 0 unspecified atom stereocenters. The van der Waals surface area contributed by atoms with Crippen LogP contribution in [-0.4, -0.2) is 18.0 Å². The predicted molar refractivity (Wildman–Crippen MR) is 73.7 cm³/mol. The third kappa shape index (κ3) is 4.99. The molecule has 0 radical (unpaired) electrons. The number of hydrogen-bond acceptors (Lipinski definition) is 3. The number of aldehydes is 1. The molecular formula is C15H20FNO3. The molecule has 1 aromatic rings. The van der Waals surface area contributed by atoms with Crippen LogP contribution < -0.4 is 5.32 Å². The first kappa shape index (κ1) is 16.1. The molecule has 1 aromatic carbocycles. The molecule has 0 saturated carbocycles. The molecule has 0 fully saturated rings. The van der Waals surface area contributed by atoms with Gasteiger partial charge in [-0.3, -0.25) is 0 Å². The molecule has 0 aliphatic rings. The predicted octanol–water partition coefficient (Wildman–Crippen LogP) is 3.23. The van der Waals surface area contributed by atoms with Crippen molar-refractivity contribution in [1.82, 2.24) is 5.32 Å². The molecule has 0 saturated heterocycles. The van der Waals surface area contributed by atoms with Crippen LogP contribution in [0.15, 0.2) is 24.3 Å². The maximum Gasteiger partial charge on any atom is 0.408 e. The molecule has 1 rings (SSSR count). The van der Waals surface area contributed by atoms with Crippen molar-refractivity contribution in [3.8, 4) is 0 Å². The van der Waals surface area contributed by atoms with Gasteiger partial charge < -0.3 is 14.8 Å². The zero-order valence-corrected chi connectivity index (χ0v) is 12.1. The van der Waals surface area contributed by atoms with Gasteiger partial charge in [0.25, 0.3) is 0 Å². The lowest BCUT2D eigenvalue weighted by molar-refractivity contribution is -0.111. The molecular weight excluding hydrogens is 261 g/mol. The van der Waals surface area contributed by atoms with Crippen molar-refractivity contribution in [1.29, 1.82) is 0 Å². The number of halogens is 1. The highest BCUT2D eigenvalue weighted by molar-refractivity contribution is 5.69. The first-order valence-electron chi connectivity index (χ1n) is 6.43. The Kier molecular flexibility index (Phi) is 5.25. The van der Waals surface area contributed by atoms with Crippen molar-refractivity contribution in [2.75, 3.05) is 0 Å². The summed E-state index contributed by atoms with van der Waals surface area (Å²) in [5.74, 6) is -0.823. The summed E-state index contributed by atoms with van der Waals surface area (Å²) in [6.07, 6.45) is 0.131. The van der Waals surface area contributed by atoms with Crippen LogP contribution in [0.4, 0.5) is 9.18 Å². The van der Waals surface area contributed by atoms with Crippen molar-refractivity contribution < 1.29 is 18.7 Å². The van der Waals surface area contributed by atoms with Gasteiger partial charge in [0.05, 0.1) is 6.04 Å². The average molecular weight is 281 g/mol. The van der Waals surface area contributed by atoms with Gasteiger partial charge in [0, 0.05) is 5.92 Å². The summed E-state index contributed by atoms with van der Waals surface area (Å²) in [4.78, 5) is 22.8. The number of amides is 1. The summed E-state index contributed by atoms with van der Waals surface area (Å²) < 4.78 is 18.1. The van der Waals surface area contributed by atoms with Gasteiger partial charge in [0.2, 0.25) is 0 Å². The van der Waals surface area contributed by atoms with E-state index >= 15 is 0 Å². The van der Waals surface area contributed by atoms with Crippen molar-refractivity contribution in [3.05, 3.63) is 35.6 Å². The largest absolute Gasteiger partial charge is 0.444 e. The number of carbonyl (C=O) groups is 2. The zero-order chi connectivity index (χ0) is 15.3. The van der Waals surface area contributed by atoms with Crippen LogP contribution in [0.1, 0.15) is 39.3 Å². The topological polar surface area (TPSA) is 55.4 Å². The summed E-state index contributed by atoms with van der Waals surface area (Å²) in [5.41, 5.74) is 0.0267. The SMILES string of the molecule is C[C@H](C=O)[C@H](NC(=O)OC(C)(C)C)c1ccc(F)cc1. The molecule has 5 heteroatoms. The number of alkyl carbamates (subject to hydrolysis) is 1. The van der Waals surface area contributed by atoms with Gasteiger partial charge in [-0.1, -0.05) is 19.1 Å². The van der Waals surface area contributed by atoms with E-state index in [1.165, 1.54) is 24.3 Å². The Bertz CT molecular complexity index is 465. The quantitative estimate of drug-likeness (QED) is 0.862. The number of hydrogen-bond donors (Lipinski definition) is 1. The van der Waals surface area contributed by atoms with Crippen molar-refractivity contribution in [2.24, 2.45) is 5.92 Å². The van der Waals surface area contributed by atoms with E-state index < -0.39 is 23.7 Å². The second-order valence-electron chi connectivity index (χ2n) is 5.67. The van der Waals surface area contributed by atoms with Gasteiger partial charge >= 0.3 is 6.09 Å². The van der Waals surface area contributed by atoms with Gasteiger partial charge in [-0.15, -0.1) is 0 Å². The van der Waals surface area contributed by atoms with Crippen LogP contribution in [0.3, 0.4) is 0 Å². The minimum atomic E-state index is -0.623. The Morgan fingerprint density at radius 1 is 1.30 bits per heavy atom. The van der Waals surface area contributed by atoms with E-state index in [1.807, 2.05) is 0 Å². The van der Waals surface area contributed by atoms with Crippen LogP contribution in [0.25, 0.3) is 0 Å². The summed E-state index contributed by atoms with van der Waals surface area (Å²) in [6, 6.07) is 5.10. The zero-order valence-electron chi connectivity index (χ0n) is 12.1. The summed E-state index contributed by atoms with van der Waals surface area (Å²) in [6.45, 7) is 6.94. The van der Waals surface area contributed by atoms with Crippen LogP contribution in [0, 0.1) is 11.7 Å². The molecule has 0 spiro atoms. The molecule has 0 aliphatic heterocycles. The fourth-order valence-electron chi connectivity index (χ4n) is 1.70. The molecule has 4 nitrogen and oxygen atoms in total. The van der Waals surface area contributed by atoms with Gasteiger partial charge in [-0.25, -0.2) is 9.18 Å². The summed E-state index contributed by atoms with van der Waals surface area (Å²) in [7, 11) is 0. The Morgan fingerprint density at radius 2 is 1.85 bits per heavy atom. The Labute approximate surface area is 118 Å². The minimum Gasteiger partial charge on any atom is -0.444 e. The van der Waals surface area contributed by atoms with E-state index in [2.05, 4.69) is 5.32 Å². The summed E-state index contributed by atoms with van der Waals surface area (Å²) >= 11 is 0. The Hall–Kier alpha value is -1.91. The van der Waals surface area contributed by atoms with Crippen molar-refractivity contribution >= 4 is 12.4 Å². The maximum absolute atomic E-state index is 12.9. The van der Waals surface area contributed by atoms with E-state index in [0.717, 1.165) is 6.29 Å². The fourth-order valence-corrected chi connectivity index (χ4v) is 1.70. The molecule has 0 aromatic heterocycles. The first-order chi connectivity index (χ1) is 9.23. The average Bonchev–Trinajstić information content (AvgIpc) is 2.34. The minimum absolute atomic E-state index is 0.372. The molecule has 0 aliphatic carbocycles. The van der Waals surface area contributed by atoms with E-state index in [-0.39, 0.29) is 5.82 Å². The van der Waals surface area contributed by atoms with E-state index in [1.54, 1.807) is 27.7 Å². The van der Waals surface area contributed by atoms with Gasteiger partial charge in [-0.2, -0.15) is 0 Å². The Balaban J connectivity index is 2.88. The molecule has 0 bridgehead atoms. The fraction of sp³-hybridized carbons (Fsp3) is 0.467. The van der Waals surface area contributed by atoms with Crippen LogP contribution in [-0.2, 0) is 9.53 Å². The molecule has 1 amide bonds. The highest BCUT2D eigenvalue weighted by Crippen LogP contribution is 2.22. The lowest BCUT2D eigenvalue weighted by Crippen LogP contribution is -2.37. The first-order valence-corrected chi connectivity index (χ1v) is 6.43. The summed E-state index contributed by atoms with van der Waals surface area (Å²) in [5, 5.41) is 2.65. The standard InChI is InChI=1S/C15H20FNO3/c1-10(9-18)13(11-5-7-12(16)8-6-11)17-14(19)20-15(2,3)4/h5-10,13H,1-4H3,(H,17,19)/t10-,13+/m1/s1. The second kappa shape index (κ2) is 6.50. The van der Waals surface area contributed by atoms with Gasteiger partial charge in [0.15, 0.2) is 0 Å². The normalized spacial score (nSPS) is 14.2. The number of nitrogens with one attached hydrogen (secondary N) is 1.